The van der Waals surface area contributed by atoms with Gasteiger partial charge in [0.05, 0.1) is 0 Å². The van der Waals surface area contributed by atoms with Crippen LogP contribution in [0, 0.1) is 5.92 Å². The predicted molar refractivity (Wildman–Crippen MR) is 66.2 cm³/mol. The summed E-state index contributed by atoms with van der Waals surface area (Å²) in [6.45, 7) is 5.61. The topological polar surface area (TPSA) is 84.2 Å². The number of carbonyl (C=O) groups is 2. The molecule has 5 heteroatoms. The Hall–Kier alpha value is -1.10. The number of amides is 2. The fourth-order valence-electron chi connectivity index (χ4n) is 2.26. The minimum atomic E-state index is -0.546. The normalized spacial score (nSPS) is 17.8. The number of carbonyl (C=O) groups excluding carboxylic acids is 2. The maximum Gasteiger partial charge on any atom is 0.220 e. The highest BCUT2D eigenvalue weighted by Crippen LogP contribution is 2.17. The summed E-state index contributed by atoms with van der Waals surface area (Å²) in [5, 5.41) is 6.14. The van der Waals surface area contributed by atoms with Crippen molar-refractivity contribution >= 4 is 11.8 Å². The Morgan fingerprint density at radius 3 is 2.47 bits per heavy atom. The van der Waals surface area contributed by atoms with E-state index in [9.17, 15) is 9.59 Å². The van der Waals surface area contributed by atoms with Crippen LogP contribution in [0.5, 0.6) is 0 Å². The first-order chi connectivity index (χ1) is 7.89. The van der Waals surface area contributed by atoms with Crippen LogP contribution in [-0.4, -0.2) is 30.4 Å². The Morgan fingerprint density at radius 1 is 1.35 bits per heavy atom. The summed E-state index contributed by atoms with van der Waals surface area (Å²) in [4.78, 5) is 22.7. The molecular formula is C12H23N3O2. The number of hydrogen-bond acceptors (Lipinski definition) is 3. The summed E-state index contributed by atoms with van der Waals surface area (Å²) < 4.78 is 0. The Bertz CT molecular complexity index is 283. The van der Waals surface area contributed by atoms with Crippen molar-refractivity contribution in [2.24, 2.45) is 11.7 Å². The highest BCUT2D eigenvalue weighted by Gasteiger charge is 2.24. The van der Waals surface area contributed by atoms with Gasteiger partial charge in [-0.2, -0.15) is 0 Å². The fraction of sp³-hybridized carbons (Fsp3) is 0.833. The van der Waals surface area contributed by atoms with Gasteiger partial charge in [-0.05, 0) is 45.7 Å². The average Bonchev–Trinajstić information content (AvgIpc) is 2.15. The van der Waals surface area contributed by atoms with Gasteiger partial charge in [-0.15, -0.1) is 0 Å². The average molecular weight is 241 g/mol. The van der Waals surface area contributed by atoms with Gasteiger partial charge >= 0.3 is 0 Å². The number of rotatable bonds is 5. The molecule has 17 heavy (non-hydrogen) atoms. The summed E-state index contributed by atoms with van der Waals surface area (Å²) in [6, 6.07) is 0. The van der Waals surface area contributed by atoms with Gasteiger partial charge < -0.3 is 16.4 Å². The van der Waals surface area contributed by atoms with Crippen molar-refractivity contribution in [1.82, 2.24) is 10.6 Å². The van der Waals surface area contributed by atoms with E-state index in [4.69, 9.17) is 5.73 Å². The Balaban J connectivity index is 2.34. The lowest BCUT2D eigenvalue weighted by atomic mass is 9.93. The zero-order valence-electron chi connectivity index (χ0n) is 10.7. The van der Waals surface area contributed by atoms with Crippen LogP contribution < -0.4 is 16.4 Å². The Morgan fingerprint density at radius 2 is 1.94 bits per heavy atom. The molecule has 98 valence electrons. The lowest BCUT2D eigenvalue weighted by molar-refractivity contribution is -0.124. The number of nitrogens with two attached hydrogens (primary N) is 1. The van der Waals surface area contributed by atoms with E-state index in [0.29, 0.717) is 12.3 Å². The molecule has 2 amide bonds. The van der Waals surface area contributed by atoms with Crippen molar-refractivity contribution in [3.63, 3.8) is 0 Å². The first-order valence-corrected chi connectivity index (χ1v) is 6.19. The molecule has 0 atom stereocenters. The van der Waals surface area contributed by atoms with Crippen LogP contribution in [0.2, 0.25) is 0 Å². The zero-order chi connectivity index (χ0) is 12.9. The Labute approximate surface area is 103 Å². The van der Waals surface area contributed by atoms with E-state index in [1.165, 1.54) is 0 Å². The molecule has 0 aromatic heterocycles. The number of hydrogen-bond donors (Lipinski definition) is 3. The Kier molecular flexibility index (Phi) is 4.93. The lowest BCUT2D eigenvalue weighted by Crippen LogP contribution is -2.46. The summed E-state index contributed by atoms with van der Waals surface area (Å²) in [5.41, 5.74) is 4.59. The van der Waals surface area contributed by atoms with Gasteiger partial charge in [-0.1, -0.05) is 0 Å². The summed E-state index contributed by atoms with van der Waals surface area (Å²) in [5.74, 6) is 0.0842. The summed E-state index contributed by atoms with van der Waals surface area (Å²) in [7, 11) is 0. The van der Waals surface area contributed by atoms with Gasteiger partial charge in [0.1, 0.15) is 0 Å². The summed E-state index contributed by atoms with van der Waals surface area (Å²) in [6.07, 6.45) is 2.81. The quantitative estimate of drug-likeness (QED) is 0.640. The second-order valence-corrected chi connectivity index (χ2v) is 5.47. The van der Waals surface area contributed by atoms with E-state index >= 15 is 0 Å². The van der Waals surface area contributed by atoms with Crippen molar-refractivity contribution in [2.45, 2.75) is 45.1 Å². The molecule has 1 saturated heterocycles. The third-order valence-corrected chi connectivity index (χ3v) is 3.03. The molecule has 0 aromatic carbocycles. The first-order valence-electron chi connectivity index (χ1n) is 6.19. The second kappa shape index (κ2) is 6.00. The van der Waals surface area contributed by atoms with Crippen LogP contribution in [0.1, 0.15) is 39.5 Å². The number of primary amides is 1. The van der Waals surface area contributed by atoms with Gasteiger partial charge in [0, 0.05) is 18.4 Å². The highest BCUT2D eigenvalue weighted by atomic mass is 16.2. The molecule has 0 aromatic rings. The SMILES string of the molecule is CC(C)(CC(N)=O)NC(=O)CC1CCNCC1. The second-order valence-electron chi connectivity index (χ2n) is 5.47. The van der Waals surface area contributed by atoms with Gasteiger partial charge in [0.25, 0.3) is 0 Å². The smallest absolute Gasteiger partial charge is 0.220 e. The van der Waals surface area contributed by atoms with Crippen molar-refractivity contribution in [2.75, 3.05) is 13.1 Å². The third-order valence-electron chi connectivity index (χ3n) is 3.03. The molecule has 1 aliphatic rings. The summed E-state index contributed by atoms with van der Waals surface area (Å²) >= 11 is 0. The van der Waals surface area contributed by atoms with E-state index in [0.717, 1.165) is 25.9 Å². The molecular weight excluding hydrogens is 218 g/mol. The molecule has 1 rings (SSSR count). The molecule has 0 saturated carbocycles. The van der Waals surface area contributed by atoms with Crippen LogP contribution in [0.4, 0.5) is 0 Å². The minimum absolute atomic E-state index is 0.0168. The molecule has 1 fully saturated rings. The van der Waals surface area contributed by atoms with E-state index in [-0.39, 0.29) is 12.3 Å². The fourth-order valence-corrected chi connectivity index (χ4v) is 2.26. The van der Waals surface area contributed by atoms with E-state index in [2.05, 4.69) is 10.6 Å². The van der Waals surface area contributed by atoms with Crippen molar-refractivity contribution < 1.29 is 9.59 Å². The molecule has 1 aliphatic heterocycles. The predicted octanol–water partition coefficient (Wildman–Crippen LogP) is 0.146. The molecule has 0 unspecified atom stereocenters. The maximum absolute atomic E-state index is 11.8. The van der Waals surface area contributed by atoms with Gasteiger partial charge in [-0.3, -0.25) is 9.59 Å². The van der Waals surface area contributed by atoms with E-state index < -0.39 is 11.4 Å². The number of piperidine rings is 1. The number of nitrogens with one attached hydrogen (secondary N) is 2. The van der Waals surface area contributed by atoms with E-state index in [1.807, 2.05) is 13.8 Å². The third kappa shape index (κ3) is 5.68. The molecule has 0 aliphatic carbocycles. The molecule has 0 radical (unpaired) electrons. The van der Waals surface area contributed by atoms with Crippen LogP contribution in [-0.2, 0) is 9.59 Å². The van der Waals surface area contributed by atoms with Crippen molar-refractivity contribution in [1.29, 1.82) is 0 Å². The molecule has 0 spiro atoms. The monoisotopic (exact) mass is 241 g/mol. The van der Waals surface area contributed by atoms with Crippen LogP contribution in [0.25, 0.3) is 0 Å². The highest BCUT2D eigenvalue weighted by molar-refractivity contribution is 5.79. The van der Waals surface area contributed by atoms with Gasteiger partial charge in [-0.25, -0.2) is 0 Å². The van der Waals surface area contributed by atoms with Crippen LogP contribution in [0.15, 0.2) is 0 Å². The zero-order valence-corrected chi connectivity index (χ0v) is 10.7. The molecule has 0 bridgehead atoms. The first kappa shape index (κ1) is 14.0. The van der Waals surface area contributed by atoms with Crippen molar-refractivity contribution in [3.05, 3.63) is 0 Å². The van der Waals surface area contributed by atoms with Crippen molar-refractivity contribution in [3.8, 4) is 0 Å². The van der Waals surface area contributed by atoms with Crippen LogP contribution >= 0.6 is 0 Å². The van der Waals surface area contributed by atoms with Gasteiger partial charge in [0.15, 0.2) is 0 Å². The molecule has 5 nitrogen and oxygen atoms in total. The lowest BCUT2D eigenvalue weighted by Gasteiger charge is -2.27. The van der Waals surface area contributed by atoms with E-state index in [1.54, 1.807) is 0 Å². The standard InChI is InChI=1S/C12H23N3O2/c1-12(2,8-10(13)16)15-11(17)7-9-3-5-14-6-4-9/h9,14H,3-8H2,1-2H3,(H2,13,16)(H,15,17). The van der Waals surface area contributed by atoms with Gasteiger partial charge in [0.2, 0.25) is 11.8 Å². The molecule has 4 N–H and O–H groups in total. The molecule has 1 heterocycles. The maximum atomic E-state index is 11.8. The minimum Gasteiger partial charge on any atom is -0.370 e. The van der Waals surface area contributed by atoms with Crippen LogP contribution in [0.3, 0.4) is 0 Å². The largest absolute Gasteiger partial charge is 0.370 e.